The molecule has 0 spiro atoms. The van der Waals surface area contributed by atoms with Crippen molar-refractivity contribution in [2.75, 3.05) is 0 Å². The van der Waals surface area contributed by atoms with E-state index in [-0.39, 0.29) is 11.4 Å². The van der Waals surface area contributed by atoms with Gasteiger partial charge in [-0.05, 0) is 30.9 Å². The Kier molecular flexibility index (Phi) is 6.18. The second-order valence-electron chi connectivity index (χ2n) is 4.61. The second kappa shape index (κ2) is 7.42. The van der Waals surface area contributed by atoms with Crippen LogP contribution in [-0.4, -0.2) is 16.5 Å². The van der Waals surface area contributed by atoms with Crippen molar-refractivity contribution in [2.45, 2.75) is 42.9 Å². The zero-order valence-corrected chi connectivity index (χ0v) is 11.3. The second-order valence-corrected chi connectivity index (χ2v) is 5.88. The number of aliphatic hydroxyl groups is 1. The van der Waals surface area contributed by atoms with E-state index < -0.39 is 0 Å². The molecule has 1 N–H and O–H groups in total. The van der Waals surface area contributed by atoms with Crippen LogP contribution in [0.2, 0.25) is 0 Å². The van der Waals surface area contributed by atoms with E-state index in [4.69, 9.17) is 6.42 Å². The fourth-order valence-corrected chi connectivity index (χ4v) is 2.73. The fourth-order valence-electron chi connectivity index (χ4n) is 1.70. The van der Waals surface area contributed by atoms with Crippen molar-refractivity contribution in [3.63, 3.8) is 0 Å². The summed E-state index contributed by atoms with van der Waals surface area (Å²) in [7, 11) is 0. The summed E-state index contributed by atoms with van der Waals surface area (Å²) in [5.74, 6) is 3.26. The van der Waals surface area contributed by atoms with E-state index in [0.717, 1.165) is 11.3 Å². The highest BCUT2D eigenvalue weighted by Crippen LogP contribution is 2.26. The van der Waals surface area contributed by atoms with Crippen LogP contribution in [0, 0.1) is 18.3 Å². The lowest BCUT2D eigenvalue weighted by atomic mass is 10.0. The summed E-state index contributed by atoms with van der Waals surface area (Å²) in [5, 5.41) is 9.94. The molecule has 0 aliphatic heterocycles. The maximum Gasteiger partial charge on any atom is 0.0726 e. The Balaban J connectivity index is 2.47. The highest BCUT2D eigenvalue weighted by molar-refractivity contribution is 8.00. The first-order chi connectivity index (χ1) is 8.11. The molecule has 0 saturated carbocycles. The van der Waals surface area contributed by atoms with Gasteiger partial charge in [0.1, 0.15) is 0 Å². The zero-order chi connectivity index (χ0) is 12.7. The van der Waals surface area contributed by atoms with Crippen LogP contribution in [0.25, 0.3) is 0 Å². The summed E-state index contributed by atoms with van der Waals surface area (Å²) >= 11 is 1.65. The molecular weight excluding hydrogens is 228 g/mol. The van der Waals surface area contributed by atoms with E-state index in [1.165, 1.54) is 0 Å². The highest BCUT2D eigenvalue weighted by atomic mass is 32.2. The quantitative estimate of drug-likeness (QED) is 0.613. The normalized spacial score (nSPS) is 14.3. The van der Waals surface area contributed by atoms with Gasteiger partial charge >= 0.3 is 0 Å². The molecule has 17 heavy (non-hydrogen) atoms. The molecule has 0 amide bonds. The van der Waals surface area contributed by atoms with Crippen LogP contribution in [0.15, 0.2) is 35.2 Å². The Morgan fingerprint density at radius 1 is 1.24 bits per heavy atom. The van der Waals surface area contributed by atoms with E-state index in [0.29, 0.717) is 12.3 Å². The zero-order valence-electron chi connectivity index (χ0n) is 10.5. The Labute approximate surface area is 109 Å². The molecular formula is C15H20OS. The number of rotatable bonds is 6. The van der Waals surface area contributed by atoms with E-state index in [2.05, 4.69) is 19.8 Å². The van der Waals surface area contributed by atoms with Gasteiger partial charge in [-0.25, -0.2) is 0 Å². The first-order valence-corrected chi connectivity index (χ1v) is 6.85. The average Bonchev–Trinajstić information content (AvgIpc) is 2.28. The van der Waals surface area contributed by atoms with Crippen LogP contribution in [0.4, 0.5) is 0 Å². The minimum absolute atomic E-state index is 0.0474. The smallest absolute Gasteiger partial charge is 0.0726 e. The molecule has 0 aliphatic carbocycles. The van der Waals surface area contributed by atoms with Crippen LogP contribution in [0.5, 0.6) is 0 Å². The van der Waals surface area contributed by atoms with Gasteiger partial charge in [0, 0.05) is 4.90 Å². The van der Waals surface area contributed by atoms with Gasteiger partial charge in [0.25, 0.3) is 0 Å². The summed E-state index contributed by atoms with van der Waals surface area (Å²) in [6.07, 6.45) is 6.69. The topological polar surface area (TPSA) is 20.2 Å². The van der Waals surface area contributed by atoms with Gasteiger partial charge in [-0.3, -0.25) is 0 Å². The molecule has 0 fully saturated rings. The standard InChI is InChI=1S/C15H20OS/c1-4-14(11-13(16)10-12(2)3)17-15-8-6-5-7-9-15/h1,5-9,12-14,16H,10-11H2,2-3H3/t13-,14+/m1/s1. The molecule has 2 atom stereocenters. The lowest BCUT2D eigenvalue weighted by Gasteiger charge is -2.17. The predicted molar refractivity (Wildman–Crippen MR) is 75.0 cm³/mol. The molecule has 1 aromatic rings. The first-order valence-electron chi connectivity index (χ1n) is 5.97. The van der Waals surface area contributed by atoms with Crippen molar-refractivity contribution >= 4 is 11.8 Å². The summed E-state index contributed by atoms with van der Waals surface area (Å²) in [6.45, 7) is 4.22. The first kappa shape index (κ1) is 14.2. The lowest BCUT2D eigenvalue weighted by molar-refractivity contribution is 0.142. The minimum Gasteiger partial charge on any atom is -0.393 e. The minimum atomic E-state index is -0.299. The van der Waals surface area contributed by atoms with Crippen LogP contribution in [-0.2, 0) is 0 Å². The highest BCUT2D eigenvalue weighted by Gasteiger charge is 2.14. The maximum absolute atomic E-state index is 9.89. The van der Waals surface area contributed by atoms with E-state index in [9.17, 15) is 5.11 Å². The number of benzene rings is 1. The molecule has 1 aromatic carbocycles. The summed E-state index contributed by atoms with van der Waals surface area (Å²) in [5.41, 5.74) is 0. The van der Waals surface area contributed by atoms with Crippen molar-refractivity contribution in [1.29, 1.82) is 0 Å². The third-order valence-corrected chi connectivity index (χ3v) is 3.59. The molecule has 0 aromatic heterocycles. The molecule has 0 bridgehead atoms. The fraction of sp³-hybridized carbons (Fsp3) is 0.467. The Morgan fingerprint density at radius 2 is 1.88 bits per heavy atom. The Bertz CT molecular complexity index is 353. The maximum atomic E-state index is 9.89. The number of thioether (sulfide) groups is 1. The predicted octanol–water partition coefficient (Wildman–Crippen LogP) is 3.58. The SMILES string of the molecule is C#C[C@@H](C[C@H](O)CC(C)C)Sc1ccccc1. The van der Waals surface area contributed by atoms with Crippen molar-refractivity contribution in [1.82, 2.24) is 0 Å². The van der Waals surface area contributed by atoms with Crippen LogP contribution in [0.1, 0.15) is 26.7 Å². The van der Waals surface area contributed by atoms with E-state index in [1.807, 2.05) is 30.3 Å². The third kappa shape index (κ3) is 5.81. The Hall–Kier alpha value is -0.910. The Morgan fingerprint density at radius 3 is 2.41 bits per heavy atom. The molecule has 92 valence electrons. The van der Waals surface area contributed by atoms with Gasteiger partial charge < -0.3 is 5.11 Å². The molecule has 0 heterocycles. The van der Waals surface area contributed by atoms with Gasteiger partial charge in [0.15, 0.2) is 0 Å². The molecule has 0 aliphatic rings. The summed E-state index contributed by atoms with van der Waals surface area (Å²) in [4.78, 5) is 1.16. The number of aliphatic hydroxyl groups excluding tert-OH is 1. The van der Waals surface area contributed by atoms with Crippen molar-refractivity contribution in [3.05, 3.63) is 30.3 Å². The van der Waals surface area contributed by atoms with Crippen molar-refractivity contribution in [2.24, 2.45) is 5.92 Å². The molecule has 2 heteroatoms. The lowest BCUT2D eigenvalue weighted by Crippen LogP contribution is -2.16. The summed E-state index contributed by atoms with van der Waals surface area (Å²) in [6, 6.07) is 10.1. The number of terminal acetylenes is 1. The van der Waals surface area contributed by atoms with Crippen LogP contribution < -0.4 is 0 Å². The van der Waals surface area contributed by atoms with Crippen molar-refractivity contribution < 1.29 is 5.11 Å². The van der Waals surface area contributed by atoms with Gasteiger partial charge in [0.2, 0.25) is 0 Å². The van der Waals surface area contributed by atoms with Crippen LogP contribution in [0.3, 0.4) is 0 Å². The largest absolute Gasteiger partial charge is 0.393 e. The molecule has 0 saturated heterocycles. The summed E-state index contributed by atoms with van der Waals surface area (Å²) < 4.78 is 0. The molecule has 0 unspecified atom stereocenters. The van der Waals surface area contributed by atoms with Gasteiger partial charge in [-0.2, -0.15) is 0 Å². The van der Waals surface area contributed by atoms with Gasteiger partial charge in [-0.15, -0.1) is 18.2 Å². The molecule has 1 nitrogen and oxygen atoms in total. The van der Waals surface area contributed by atoms with Gasteiger partial charge in [0.05, 0.1) is 11.4 Å². The van der Waals surface area contributed by atoms with Crippen LogP contribution >= 0.6 is 11.8 Å². The number of hydrogen-bond acceptors (Lipinski definition) is 2. The van der Waals surface area contributed by atoms with Gasteiger partial charge in [-0.1, -0.05) is 38.0 Å². The van der Waals surface area contributed by atoms with Crippen molar-refractivity contribution in [3.8, 4) is 12.3 Å². The monoisotopic (exact) mass is 248 g/mol. The average molecular weight is 248 g/mol. The van der Waals surface area contributed by atoms with E-state index >= 15 is 0 Å². The molecule has 1 rings (SSSR count). The van der Waals surface area contributed by atoms with E-state index in [1.54, 1.807) is 11.8 Å². The number of hydrogen-bond donors (Lipinski definition) is 1. The molecule has 0 radical (unpaired) electrons. The third-order valence-electron chi connectivity index (χ3n) is 2.44.